The summed E-state index contributed by atoms with van der Waals surface area (Å²) in [5.74, 6) is 0.734. The summed E-state index contributed by atoms with van der Waals surface area (Å²) in [4.78, 5) is 10.4. The number of fused-ring (bicyclic) bond motifs is 9. The zero-order chi connectivity index (χ0) is 43.3. The number of rotatable bonds is 6. The van der Waals surface area contributed by atoms with Crippen molar-refractivity contribution < 1.29 is 0 Å². The Morgan fingerprint density at radius 3 is 1.48 bits per heavy atom. The van der Waals surface area contributed by atoms with Crippen molar-refractivity contribution >= 4 is 54.5 Å². The monoisotopic (exact) mass is 838 g/mol. The van der Waals surface area contributed by atoms with Crippen LogP contribution in [0.5, 0.6) is 0 Å². The van der Waals surface area contributed by atoms with Crippen LogP contribution in [-0.2, 0) is 0 Å². The molecular formula is C62H38N4. The van der Waals surface area contributed by atoms with Gasteiger partial charge < -0.3 is 9.13 Å². The summed E-state index contributed by atoms with van der Waals surface area (Å²) in [6.45, 7) is 0. The van der Waals surface area contributed by atoms with E-state index in [1.165, 1.54) is 66.0 Å². The quantitative estimate of drug-likeness (QED) is 0.167. The van der Waals surface area contributed by atoms with Crippen molar-refractivity contribution in [2.45, 2.75) is 0 Å². The van der Waals surface area contributed by atoms with Crippen LogP contribution in [0.3, 0.4) is 0 Å². The van der Waals surface area contributed by atoms with E-state index in [2.05, 4.69) is 240 Å². The van der Waals surface area contributed by atoms with Crippen LogP contribution < -0.4 is 0 Å². The first kappa shape index (κ1) is 36.6. The maximum absolute atomic E-state index is 5.25. The molecule has 0 radical (unpaired) electrons. The summed E-state index contributed by atoms with van der Waals surface area (Å²) < 4.78 is 4.80. The molecule has 13 aromatic rings. The van der Waals surface area contributed by atoms with E-state index in [1.807, 2.05) is 0 Å². The van der Waals surface area contributed by atoms with Crippen LogP contribution in [0, 0.1) is 0 Å². The van der Waals surface area contributed by atoms with Gasteiger partial charge in [0.15, 0.2) is 5.82 Å². The fraction of sp³-hybridized carbons (Fsp3) is 0. The lowest BCUT2D eigenvalue weighted by Gasteiger charge is -2.11. The van der Waals surface area contributed by atoms with Gasteiger partial charge in [-0.3, -0.25) is 0 Å². The van der Waals surface area contributed by atoms with Gasteiger partial charge >= 0.3 is 0 Å². The van der Waals surface area contributed by atoms with E-state index in [1.54, 1.807) is 0 Å². The Morgan fingerprint density at radius 1 is 0.273 bits per heavy atom. The summed E-state index contributed by atoms with van der Waals surface area (Å²) in [6, 6.07) is 83.5. The molecule has 1 aliphatic rings. The summed E-state index contributed by atoms with van der Waals surface area (Å²) in [6.07, 6.45) is 0. The second-order valence-electron chi connectivity index (χ2n) is 17.4. The average Bonchev–Trinajstić information content (AvgIpc) is 4.02. The van der Waals surface area contributed by atoms with E-state index in [-0.39, 0.29) is 0 Å². The molecule has 0 fully saturated rings. The molecule has 306 valence electrons. The van der Waals surface area contributed by atoms with Gasteiger partial charge in [-0.2, -0.15) is 0 Å². The minimum atomic E-state index is 0.734. The average molecular weight is 839 g/mol. The van der Waals surface area contributed by atoms with Crippen molar-refractivity contribution in [1.29, 1.82) is 0 Å². The van der Waals surface area contributed by atoms with E-state index in [0.29, 0.717) is 0 Å². The normalized spacial score (nSPS) is 11.9. The van der Waals surface area contributed by atoms with Gasteiger partial charge in [0.25, 0.3) is 0 Å². The Kier molecular flexibility index (Phi) is 7.95. The minimum Gasteiger partial charge on any atom is -0.309 e. The van der Waals surface area contributed by atoms with Crippen LogP contribution >= 0.6 is 0 Å². The smallest absolute Gasteiger partial charge is 0.160 e. The number of hydrogen-bond donors (Lipinski definition) is 0. The van der Waals surface area contributed by atoms with Crippen molar-refractivity contribution in [2.75, 3.05) is 0 Å². The maximum atomic E-state index is 5.25. The zero-order valence-electron chi connectivity index (χ0n) is 35.7. The molecule has 0 unspecified atom stereocenters. The van der Waals surface area contributed by atoms with Gasteiger partial charge in [0, 0.05) is 49.4 Å². The highest BCUT2D eigenvalue weighted by molar-refractivity contribution is 6.15. The van der Waals surface area contributed by atoms with Crippen molar-refractivity contribution in [2.24, 2.45) is 0 Å². The molecule has 0 spiro atoms. The molecule has 0 amide bonds. The van der Waals surface area contributed by atoms with Crippen molar-refractivity contribution in [3.05, 3.63) is 231 Å². The van der Waals surface area contributed by atoms with Crippen LogP contribution in [0.4, 0.5) is 0 Å². The third-order valence-corrected chi connectivity index (χ3v) is 13.6. The van der Waals surface area contributed by atoms with Gasteiger partial charge in [0.1, 0.15) is 0 Å². The Morgan fingerprint density at radius 2 is 0.758 bits per heavy atom. The Labute approximate surface area is 381 Å². The second kappa shape index (κ2) is 14.3. The molecule has 10 aromatic carbocycles. The maximum Gasteiger partial charge on any atom is 0.160 e. The summed E-state index contributed by atoms with van der Waals surface area (Å²) in [5.41, 5.74) is 20.6. The Hall–Kier alpha value is -8.86. The number of hydrogen-bond acceptors (Lipinski definition) is 2. The third-order valence-electron chi connectivity index (χ3n) is 13.6. The van der Waals surface area contributed by atoms with Gasteiger partial charge in [-0.05, 0) is 123 Å². The molecule has 14 rings (SSSR count). The lowest BCUT2D eigenvalue weighted by atomic mass is 9.98. The van der Waals surface area contributed by atoms with Crippen LogP contribution in [0.25, 0.3) is 133 Å². The van der Waals surface area contributed by atoms with Gasteiger partial charge in [-0.25, -0.2) is 9.97 Å². The molecule has 3 aromatic heterocycles. The molecule has 0 aliphatic heterocycles. The molecule has 3 heterocycles. The first-order valence-corrected chi connectivity index (χ1v) is 22.6. The minimum absolute atomic E-state index is 0.734. The summed E-state index contributed by atoms with van der Waals surface area (Å²) in [5, 5.41) is 6.01. The van der Waals surface area contributed by atoms with Gasteiger partial charge in [-0.15, -0.1) is 0 Å². The standard InChI is InChI=1S/C62H38N4/c1-3-14-39(15-4-1)41-17-12-21-47(35-41)66-58-32-28-42(40-16-11-18-45(34-40)62-63-55-26-13-25-50-48-22-7-8-24-51(48)61(64-62)60(50)55)37-53(58)54-38-44(30-33-59(54)66)43-29-31-57-52(36-43)49-23-9-10-27-56(49)65(57)46-19-5-2-6-20-46/h1-38H. The van der Waals surface area contributed by atoms with Gasteiger partial charge in [-0.1, -0.05) is 152 Å². The Balaban J connectivity index is 0.939. The van der Waals surface area contributed by atoms with E-state index in [0.717, 1.165) is 67.1 Å². The largest absolute Gasteiger partial charge is 0.309 e. The second-order valence-corrected chi connectivity index (χ2v) is 17.4. The third kappa shape index (κ3) is 5.58. The SMILES string of the molecule is c1ccc(-c2cccc(-n3c4ccc(-c5cccc(-c6nc7c8c(cccc8n6)-c6ccccc6-7)c5)cc4c4cc(-c5ccc6c(c5)c5ccccc5n6-c5ccccc5)ccc43)c2)cc1. The lowest BCUT2D eigenvalue weighted by Crippen LogP contribution is -1.94. The van der Waals surface area contributed by atoms with Crippen molar-refractivity contribution in [3.63, 3.8) is 0 Å². The first-order valence-electron chi connectivity index (χ1n) is 22.6. The van der Waals surface area contributed by atoms with Crippen LogP contribution in [0.1, 0.15) is 0 Å². The van der Waals surface area contributed by atoms with Crippen molar-refractivity contribution in [1.82, 2.24) is 19.1 Å². The molecule has 4 nitrogen and oxygen atoms in total. The zero-order valence-corrected chi connectivity index (χ0v) is 35.7. The number of nitrogens with zero attached hydrogens (tertiary/aromatic N) is 4. The van der Waals surface area contributed by atoms with Gasteiger partial charge in [0.05, 0.1) is 33.3 Å². The number of aromatic nitrogens is 4. The molecule has 0 N–H and O–H groups in total. The summed E-state index contributed by atoms with van der Waals surface area (Å²) in [7, 11) is 0. The molecule has 4 heteroatoms. The van der Waals surface area contributed by atoms with Gasteiger partial charge in [0.2, 0.25) is 0 Å². The highest BCUT2D eigenvalue weighted by Gasteiger charge is 2.24. The predicted octanol–water partition coefficient (Wildman–Crippen LogP) is 16.1. The topological polar surface area (TPSA) is 35.6 Å². The van der Waals surface area contributed by atoms with E-state index < -0.39 is 0 Å². The van der Waals surface area contributed by atoms with Crippen molar-refractivity contribution in [3.8, 4) is 78.5 Å². The van der Waals surface area contributed by atoms with E-state index in [4.69, 9.17) is 9.97 Å². The summed E-state index contributed by atoms with van der Waals surface area (Å²) >= 11 is 0. The highest BCUT2D eigenvalue weighted by atomic mass is 15.0. The lowest BCUT2D eigenvalue weighted by molar-refractivity contribution is 1.18. The number of benzene rings is 10. The van der Waals surface area contributed by atoms with E-state index >= 15 is 0 Å². The van der Waals surface area contributed by atoms with Crippen LogP contribution in [-0.4, -0.2) is 19.1 Å². The van der Waals surface area contributed by atoms with E-state index in [9.17, 15) is 0 Å². The molecule has 0 saturated heterocycles. The molecule has 0 saturated carbocycles. The predicted molar refractivity (Wildman–Crippen MR) is 274 cm³/mol. The van der Waals surface area contributed by atoms with Crippen LogP contribution in [0.15, 0.2) is 231 Å². The molecular weight excluding hydrogens is 801 g/mol. The highest BCUT2D eigenvalue weighted by Crippen LogP contribution is 2.47. The molecule has 66 heavy (non-hydrogen) atoms. The molecule has 1 aliphatic carbocycles. The fourth-order valence-electron chi connectivity index (χ4n) is 10.6. The number of para-hydroxylation sites is 2. The first-order chi connectivity index (χ1) is 32.7. The molecule has 0 atom stereocenters. The Bertz CT molecular complexity index is 4100. The van der Waals surface area contributed by atoms with Crippen LogP contribution in [0.2, 0.25) is 0 Å². The fourth-order valence-corrected chi connectivity index (χ4v) is 10.6. The molecule has 0 bridgehead atoms.